The Hall–Kier alpha value is -2.02. The zero-order chi connectivity index (χ0) is 19.2. The zero-order valence-corrected chi connectivity index (χ0v) is 16.2. The van der Waals surface area contributed by atoms with E-state index in [0.29, 0.717) is 6.04 Å². The standard InChI is InChI=1S/C21H29FN4O/c1-17(2)6-8-25-10-9-24(16-21(25)7-11-27)14-18-13-23-26(15-18)20-5-3-4-19(22)12-20/h3-6,12-13,15,21,27H,7-11,14,16H2,1-2H3/t21-/m0/s1. The van der Waals surface area contributed by atoms with E-state index in [1.807, 2.05) is 18.5 Å². The predicted octanol–water partition coefficient (Wildman–Crippen LogP) is 2.85. The van der Waals surface area contributed by atoms with Crippen molar-refractivity contribution in [2.24, 2.45) is 0 Å². The van der Waals surface area contributed by atoms with Gasteiger partial charge in [0.15, 0.2) is 0 Å². The normalized spacial score (nSPS) is 18.6. The second-order valence-corrected chi connectivity index (χ2v) is 7.45. The molecule has 1 N–H and O–H groups in total. The van der Waals surface area contributed by atoms with Crippen molar-refractivity contribution < 1.29 is 9.50 Å². The second kappa shape index (κ2) is 9.26. The molecule has 27 heavy (non-hydrogen) atoms. The van der Waals surface area contributed by atoms with E-state index >= 15 is 0 Å². The summed E-state index contributed by atoms with van der Waals surface area (Å²) in [6, 6.07) is 6.81. The third kappa shape index (κ3) is 5.48. The van der Waals surface area contributed by atoms with E-state index in [-0.39, 0.29) is 12.4 Å². The quantitative estimate of drug-likeness (QED) is 0.759. The summed E-state index contributed by atoms with van der Waals surface area (Å²) in [4.78, 5) is 4.86. The van der Waals surface area contributed by atoms with Gasteiger partial charge < -0.3 is 5.11 Å². The highest BCUT2D eigenvalue weighted by Gasteiger charge is 2.26. The van der Waals surface area contributed by atoms with Gasteiger partial charge in [0.1, 0.15) is 5.82 Å². The molecular weight excluding hydrogens is 343 g/mol. The Morgan fingerprint density at radius 1 is 1.33 bits per heavy atom. The molecular formula is C21H29FN4O. The number of aliphatic hydroxyl groups is 1. The number of aromatic nitrogens is 2. The van der Waals surface area contributed by atoms with Crippen molar-refractivity contribution in [1.82, 2.24) is 19.6 Å². The van der Waals surface area contributed by atoms with Crippen LogP contribution in [0.25, 0.3) is 5.69 Å². The number of aliphatic hydroxyl groups excluding tert-OH is 1. The van der Waals surface area contributed by atoms with Crippen molar-refractivity contribution in [1.29, 1.82) is 0 Å². The molecule has 0 radical (unpaired) electrons. The van der Waals surface area contributed by atoms with E-state index in [2.05, 4.69) is 34.8 Å². The first-order chi connectivity index (χ1) is 13.0. The summed E-state index contributed by atoms with van der Waals surface area (Å²) in [6.07, 6.45) is 6.85. The molecule has 1 aliphatic heterocycles. The number of nitrogens with zero attached hydrogens (tertiary/aromatic N) is 4. The van der Waals surface area contributed by atoms with Crippen molar-refractivity contribution in [2.75, 3.05) is 32.8 Å². The van der Waals surface area contributed by atoms with Crippen LogP contribution in [0.4, 0.5) is 4.39 Å². The number of hydrogen-bond acceptors (Lipinski definition) is 4. The van der Waals surface area contributed by atoms with E-state index in [0.717, 1.165) is 50.4 Å². The number of allylic oxidation sites excluding steroid dienone is 1. The summed E-state index contributed by atoms with van der Waals surface area (Å²) in [5, 5.41) is 13.8. The van der Waals surface area contributed by atoms with Crippen LogP contribution >= 0.6 is 0 Å². The van der Waals surface area contributed by atoms with Crippen LogP contribution in [0.1, 0.15) is 25.8 Å². The van der Waals surface area contributed by atoms with Crippen LogP contribution in [0.15, 0.2) is 48.3 Å². The maximum absolute atomic E-state index is 13.4. The summed E-state index contributed by atoms with van der Waals surface area (Å²) < 4.78 is 15.1. The summed E-state index contributed by atoms with van der Waals surface area (Å²) in [6.45, 7) is 9.12. The first kappa shape index (κ1) is 19.7. The molecule has 1 fully saturated rings. The van der Waals surface area contributed by atoms with E-state index in [1.165, 1.54) is 17.7 Å². The number of halogens is 1. The van der Waals surface area contributed by atoms with E-state index < -0.39 is 0 Å². The van der Waals surface area contributed by atoms with Gasteiger partial charge in [-0.1, -0.05) is 17.7 Å². The van der Waals surface area contributed by atoms with Crippen LogP contribution in [0.3, 0.4) is 0 Å². The Morgan fingerprint density at radius 2 is 2.19 bits per heavy atom. The molecule has 1 aromatic heterocycles. The molecule has 5 nitrogen and oxygen atoms in total. The third-order valence-corrected chi connectivity index (χ3v) is 5.00. The van der Waals surface area contributed by atoms with E-state index in [4.69, 9.17) is 0 Å². The van der Waals surface area contributed by atoms with Gasteiger partial charge >= 0.3 is 0 Å². The smallest absolute Gasteiger partial charge is 0.125 e. The highest BCUT2D eigenvalue weighted by Crippen LogP contribution is 2.17. The van der Waals surface area contributed by atoms with Crippen LogP contribution in [0.5, 0.6) is 0 Å². The average Bonchev–Trinajstić information content (AvgIpc) is 3.10. The molecule has 0 aliphatic carbocycles. The summed E-state index contributed by atoms with van der Waals surface area (Å²) in [5.74, 6) is -0.260. The van der Waals surface area contributed by atoms with E-state index in [9.17, 15) is 9.50 Å². The van der Waals surface area contributed by atoms with Gasteiger partial charge in [-0.15, -0.1) is 0 Å². The van der Waals surface area contributed by atoms with Gasteiger partial charge in [0.05, 0.1) is 11.9 Å². The van der Waals surface area contributed by atoms with Gasteiger partial charge in [-0.3, -0.25) is 9.80 Å². The lowest BCUT2D eigenvalue weighted by atomic mass is 10.1. The minimum atomic E-state index is -0.260. The van der Waals surface area contributed by atoms with Gasteiger partial charge in [0.25, 0.3) is 0 Å². The predicted molar refractivity (Wildman–Crippen MR) is 105 cm³/mol. The Bertz CT molecular complexity index is 769. The molecule has 2 heterocycles. The average molecular weight is 372 g/mol. The topological polar surface area (TPSA) is 44.5 Å². The maximum Gasteiger partial charge on any atom is 0.125 e. The Balaban J connectivity index is 1.62. The fourth-order valence-corrected chi connectivity index (χ4v) is 3.52. The summed E-state index contributed by atoms with van der Waals surface area (Å²) in [7, 11) is 0. The lowest BCUT2D eigenvalue weighted by Gasteiger charge is -2.41. The molecule has 1 aliphatic rings. The maximum atomic E-state index is 13.4. The number of rotatable bonds is 7. The Morgan fingerprint density at radius 3 is 2.93 bits per heavy atom. The highest BCUT2D eigenvalue weighted by molar-refractivity contribution is 5.31. The molecule has 3 rings (SSSR count). The van der Waals surface area contributed by atoms with Crippen LogP contribution < -0.4 is 0 Å². The SMILES string of the molecule is CC(C)=CCN1CCN(Cc2cnn(-c3cccc(F)c3)c2)C[C@@H]1CCO. The lowest BCUT2D eigenvalue weighted by molar-refractivity contribution is 0.0636. The van der Waals surface area contributed by atoms with Gasteiger partial charge in [0, 0.05) is 57.1 Å². The molecule has 0 unspecified atom stereocenters. The summed E-state index contributed by atoms with van der Waals surface area (Å²) in [5.41, 5.74) is 3.16. The number of hydrogen-bond donors (Lipinski definition) is 1. The molecule has 146 valence electrons. The second-order valence-electron chi connectivity index (χ2n) is 7.45. The molecule has 1 atom stereocenters. The third-order valence-electron chi connectivity index (χ3n) is 5.00. The van der Waals surface area contributed by atoms with Gasteiger partial charge in [0.2, 0.25) is 0 Å². The summed E-state index contributed by atoms with van der Waals surface area (Å²) >= 11 is 0. The molecule has 0 spiro atoms. The first-order valence-corrected chi connectivity index (χ1v) is 9.55. The Kier molecular flexibility index (Phi) is 6.77. The minimum Gasteiger partial charge on any atom is -0.396 e. The van der Waals surface area contributed by atoms with E-state index in [1.54, 1.807) is 10.7 Å². The van der Waals surface area contributed by atoms with Gasteiger partial charge in [-0.25, -0.2) is 9.07 Å². The monoisotopic (exact) mass is 372 g/mol. The lowest BCUT2D eigenvalue weighted by Crippen LogP contribution is -2.53. The molecule has 0 amide bonds. The van der Waals surface area contributed by atoms with Crippen molar-refractivity contribution >= 4 is 0 Å². The Labute approximate surface area is 160 Å². The number of piperazine rings is 1. The van der Waals surface area contributed by atoms with Crippen LogP contribution in [0, 0.1) is 5.82 Å². The fraction of sp³-hybridized carbons (Fsp3) is 0.476. The van der Waals surface area contributed by atoms with Crippen LogP contribution in [0.2, 0.25) is 0 Å². The molecule has 0 bridgehead atoms. The molecule has 6 heteroatoms. The zero-order valence-electron chi connectivity index (χ0n) is 16.2. The molecule has 1 saturated heterocycles. The van der Waals surface area contributed by atoms with Crippen molar-refractivity contribution in [3.8, 4) is 5.69 Å². The molecule has 0 saturated carbocycles. The van der Waals surface area contributed by atoms with Crippen molar-refractivity contribution in [3.63, 3.8) is 0 Å². The highest BCUT2D eigenvalue weighted by atomic mass is 19.1. The molecule has 2 aromatic rings. The van der Waals surface area contributed by atoms with Crippen molar-refractivity contribution in [3.05, 3.63) is 59.7 Å². The largest absolute Gasteiger partial charge is 0.396 e. The molecule has 1 aromatic carbocycles. The van der Waals surface area contributed by atoms with Crippen LogP contribution in [-0.2, 0) is 6.54 Å². The first-order valence-electron chi connectivity index (χ1n) is 9.55. The minimum absolute atomic E-state index is 0.210. The van der Waals surface area contributed by atoms with Crippen LogP contribution in [-0.4, -0.2) is 63.5 Å². The van der Waals surface area contributed by atoms with Gasteiger partial charge in [-0.05, 0) is 38.5 Å². The number of benzene rings is 1. The van der Waals surface area contributed by atoms with Gasteiger partial charge in [-0.2, -0.15) is 5.10 Å². The van der Waals surface area contributed by atoms with Crippen molar-refractivity contribution in [2.45, 2.75) is 32.9 Å². The fourth-order valence-electron chi connectivity index (χ4n) is 3.52.